The molecule has 214 valence electrons. The maximum absolute atomic E-state index is 13.8. The summed E-state index contributed by atoms with van der Waals surface area (Å²) in [7, 11) is -3.55. The van der Waals surface area contributed by atoms with Crippen LogP contribution in [0.1, 0.15) is 43.4 Å². The van der Waals surface area contributed by atoms with Gasteiger partial charge >= 0.3 is 0 Å². The van der Waals surface area contributed by atoms with Gasteiger partial charge in [0.05, 0.1) is 11.9 Å². The lowest BCUT2D eigenvalue weighted by molar-refractivity contribution is -0.141. The highest BCUT2D eigenvalue weighted by molar-refractivity contribution is 7.92. The second-order valence-corrected chi connectivity index (χ2v) is 12.6. The zero-order valence-electron chi connectivity index (χ0n) is 23.5. The maximum Gasteiger partial charge on any atom is 0.243 e. The van der Waals surface area contributed by atoms with Gasteiger partial charge in [-0.1, -0.05) is 71.8 Å². The van der Waals surface area contributed by atoms with E-state index in [1.54, 1.807) is 29.2 Å². The molecule has 0 aliphatic rings. The van der Waals surface area contributed by atoms with Crippen molar-refractivity contribution in [3.63, 3.8) is 0 Å². The summed E-state index contributed by atoms with van der Waals surface area (Å²) in [6.07, 6.45) is 1.87. The Morgan fingerprint density at radius 1 is 0.900 bits per heavy atom. The summed E-state index contributed by atoms with van der Waals surface area (Å²) in [6.45, 7) is 6.06. The Hall–Kier alpha value is -3.36. The fourth-order valence-electron chi connectivity index (χ4n) is 4.44. The third-order valence-electron chi connectivity index (χ3n) is 6.44. The van der Waals surface area contributed by atoms with E-state index in [2.05, 4.69) is 5.32 Å². The fraction of sp³-hybridized carbons (Fsp3) is 0.355. The van der Waals surface area contributed by atoms with Crippen molar-refractivity contribution in [2.75, 3.05) is 17.1 Å². The Bertz CT molecular complexity index is 1360. The van der Waals surface area contributed by atoms with Gasteiger partial charge in [0.2, 0.25) is 21.8 Å². The van der Waals surface area contributed by atoms with Crippen molar-refractivity contribution in [2.24, 2.45) is 0 Å². The Kier molecular flexibility index (Phi) is 11.2. The molecule has 0 aliphatic carbocycles. The fourth-order valence-corrected chi connectivity index (χ4v) is 5.53. The van der Waals surface area contributed by atoms with E-state index in [1.807, 2.05) is 75.4 Å². The van der Waals surface area contributed by atoms with E-state index in [4.69, 9.17) is 11.6 Å². The third kappa shape index (κ3) is 9.38. The van der Waals surface area contributed by atoms with Gasteiger partial charge in [-0.2, -0.15) is 0 Å². The highest BCUT2D eigenvalue weighted by atomic mass is 35.5. The summed E-state index contributed by atoms with van der Waals surface area (Å²) < 4.78 is 26.4. The average Bonchev–Trinajstić information content (AvgIpc) is 2.90. The van der Waals surface area contributed by atoms with E-state index in [-0.39, 0.29) is 37.4 Å². The molecule has 3 rings (SSSR count). The number of rotatable bonds is 13. The molecule has 1 atom stereocenters. The van der Waals surface area contributed by atoms with Gasteiger partial charge in [0.1, 0.15) is 6.04 Å². The minimum atomic E-state index is -3.55. The molecule has 0 unspecified atom stereocenters. The summed E-state index contributed by atoms with van der Waals surface area (Å²) in [5, 5.41) is 3.55. The number of sulfonamides is 1. The first-order valence-electron chi connectivity index (χ1n) is 13.4. The number of nitrogens with one attached hydrogen (secondary N) is 1. The molecule has 3 aromatic carbocycles. The number of benzene rings is 3. The number of carbonyl (C=O) groups is 2. The van der Waals surface area contributed by atoms with E-state index in [9.17, 15) is 18.0 Å². The van der Waals surface area contributed by atoms with Crippen LogP contribution in [-0.2, 0) is 32.6 Å². The molecule has 0 aromatic heterocycles. The van der Waals surface area contributed by atoms with E-state index in [0.717, 1.165) is 22.9 Å². The van der Waals surface area contributed by atoms with Gasteiger partial charge in [-0.15, -0.1) is 0 Å². The molecule has 0 bridgehead atoms. The molecular weight excluding hydrogens is 546 g/mol. The molecular formula is C31H38ClN3O4S. The molecule has 0 radical (unpaired) electrons. The van der Waals surface area contributed by atoms with E-state index in [0.29, 0.717) is 23.6 Å². The van der Waals surface area contributed by atoms with Gasteiger partial charge in [0.25, 0.3) is 0 Å². The summed E-state index contributed by atoms with van der Waals surface area (Å²) in [5.41, 5.74) is 3.35. The predicted octanol–water partition coefficient (Wildman–Crippen LogP) is 5.36. The highest BCUT2D eigenvalue weighted by Gasteiger charge is 2.31. The van der Waals surface area contributed by atoms with Crippen LogP contribution in [0.5, 0.6) is 0 Å². The molecule has 0 fully saturated rings. The molecule has 0 saturated carbocycles. The van der Waals surface area contributed by atoms with Crippen LogP contribution in [0, 0.1) is 6.92 Å². The van der Waals surface area contributed by atoms with Crippen LogP contribution >= 0.6 is 11.6 Å². The van der Waals surface area contributed by atoms with Gasteiger partial charge in [-0.25, -0.2) is 8.42 Å². The Labute approximate surface area is 243 Å². The SMILES string of the molecule is Cc1ccc(N(CCCC(=O)N(Cc2ccc(Cl)cc2)[C@H](Cc2ccccc2)C(=O)NC(C)C)S(C)(=O)=O)cc1. The van der Waals surface area contributed by atoms with Crippen LogP contribution < -0.4 is 9.62 Å². The number of nitrogens with zero attached hydrogens (tertiary/aromatic N) is 2. The van der Waals surface area contributed by atoms with Crippen molar-refractivity contribution in [3.8, 4) is 0 Å². The molecule has 1 N–H and O–H groups in total. The van der Waals surface area contributed by atoms with E-state index < -0.39 is 16.1 Å². The lowest BCUT2D eigenvalue weighted by Gasteiger charge is -2.32. The smallest absolute Gasteiger partial charge is 0.243 e. The Balaban J connectivity index is 1.87. The standard InChI is InChI=1S/C31H38ClN3O4S/c1-23(2)33-31(37)29(21-25-9-6-5-7-10-25)34(22-26-14-16-27(32)17-15-26)30(36)11-8-20-35(40(4,38)39)28-18-12-24(3)13-19-28/h5-7,9-10,12-19,23,29H,8,11,20-22H2,1-4H3,(H,33,37)/t29-/m1/s1. The van der Waals surface area contributed by atoms with Gasteiger partial charge in [0, 0.05) is 37.0 Å². The highest BCUT2D eigenvalue weighted by Crippen LogP contribution is 2.21. The zero-order valence-corrected chi connectivity index (χ0v) is 25.1. The normalized spacial score (nSPS) is 12.2. The summed E-state index contributed by atoms with van der Waals surface area (Å²) in [4.78, 5) is 28.9. The van der Waals surface area contributed by atoms with Crippen LogP contribution in [0.2, 0.25) is 5.02 Å². The van der Waals surface area contributed by atoms with Crippen molar-refractivity contribution < 1.29 is 18.0 Å². The van der Waals surface area contributed by atoms with Crippen LogP contribution in [-0.4, -0.2) is 50.0 Å². The molecule has 0 heterocycles. The molecule has 9 heteroatoms. The van der Waals surface area contributed by atoms with Gasteiger partial charge in [-0.05, 0) is 62.6 Å². The summed E-state index contributed by atoms with van der Waals surface area (Å²) in [5.74, 6) is -0.467. The van der Waals surface area contributed by atoms with Gasteiger partial charge in [-0.3, -0.25) is 13.9 Å². The first-order valence-corrected chi connectivity index (χ1v) is 15.6. The number of amides is 2. The quantitative estimate of drug-likeness (QED) is 0.293. The number of halogens is 1. The third-order valence-corrected chi connectivity index (χ3v) is 7.89. The Morgan fingerprint density at radius 3 is 2.10 bits per heavy atom. The summed E-state index contributed by atoms with van der Waals surface area (Å²) >= 11 is 6.08. The number of hydrogen-bond acceptors (Lipinski definition) is 4. The average molecular weight is 584 g/mol. The largest absolute Gasteiger partial charge is 0.352 e. The molecule has 0 saturated heterocycles. The molecule has 40 heavy (non-hydrogen) atoms. The maximum atomic E-state index is 13.8. The van der Waals surface area contributed by atoms with E-state index >= 15 is 0 Å². The Morgan fingerprint density at radius 2 is 1.52 bits per heavy atom. The minimum absolute atomic E-state index is 0.0751. The number of hydrogen-bond donors (Lipinski definition) is 1. The van der Waals surface area contributed by atoms with E-state index in [1.165, 1.54) is 4.31 Å². The molecule has 2 amide bonds. The van der Waals surface area contributed by atoms with Crippen LogP contribution in [0.4, 0.5) is 5.69 Å². The van der Waals surface area contributed by atoms with Crippen molar-refractivity contribution >= 4 is 39.1 Å². The van der Waals surface area contributed by atoms with Crippen molar-refractivity contribution in [1.82, 2.24) is 10.2 Å². The van der Waals surface area contributed by atoms with Gasteiger partial charge in [0.15, 0.2) is 0 Å². The van der Waals surface area contributed by atoms with Crippen molar-refractivity contribution in [1.29, 1.82) is 0 Å². The number of aryl methyl sites for hydroxylation is 1. The topological polar surface area (TPSA) is 86.8 Å². The summed E-state index contributed by atoms with van der Waals surface area (Å²) in [6, 6.07) is 23.2. The lowest BCUT2D eigenvalue weighted by Crippen LogP contribution is -2.51. The minimum Gasteiger partial charge on any atom is -0.352 e. The number of carbonyl (C=O) groups excluding carboxylic acids is 2. The molecule has 0 aliphatic heterocycles. The molecule has 3 aromatic rings. The second kappa shape index (κ2) is 14.3. The van der Waals surface area contributed by atoms with Crippen LogP contribution in [0.25, 0.3) is 0 Å². The monoisotopic (exact) mass is 583 g/mol. The van der Waals surface area contributed by atoms with Crippen molar-refractivity contribution in [2.45, 2.75) is 58.7 Å². The second-order valence-electron chi connectivity index (χ2n) is 10.3. The lowest BCUT2D eigenvalue weighted by atomic mass is 10.0. The first kappa shape index (κ1) is 31.2. The van der Waals surface area contributed by atoms with Crippen molar-refractivity contribution in [3.05, 3.63) is 101 Å². The van der Waals surface area contributed by atoms with Gasteiger partial charge < -0.3 is 10.2 Å². The zero-order chi connectivity index (χ0) is 29.3. The van der Waals surface area contributed by atoms with Crippen LogP contribution in [0.15, 0.2) is 78.9 Å². The number of anilines is 1. The predicted molar refractivity (Wildman–Crippen MR) is 162 cm³/mol. The van der Waals surface area contributed by atoms with Crippen LogP contribution in [0.3, 0.4) is 0 Å². The molecule has 0 spiro atoms. The first-order chi connectivity index (χ1) is 18.9. The molecule has 7 nitrogen and oxygen atoms in total.